The van der Waals surface area contributed by atoms with E-state index in [4.69, 9.17) is 9.47 Å². The molecule has 3 rings (SSSR count). The van der Waals surface area contributed by atoms with Gasteiger partial charge in [0.25, 0.3) is 5.91 Å². The normalized spacial score (nSPS) is 14.4. The standard InChI is InChI=1S/C19H23N3O5S2/c1-2-26-19(25)22-7-5-13(6-8-22)20-16(23)11-27-17(24)10-14-12-29-18(21-14)15-4-3-9-28-15/h3-4,9,12-13H,2,5-8,10-11H2,1H3,(H,20,23). The Morgan fingerprint density at radius 3 is 2.72 bits per heavy atom. The van der Waals surface area contributed by atoms with Gasteiger partial charge in [0.2, 0.25) is 0 Å². The summed E-state index contributed by atoms with van der Waals surface area (Å²) < 4.78 is 10.0. The van der Waals surface area contributed by atoms with E-state index in [0.29, 0.717) is 38.2 Å². The maximum absolute atomic E-state index is 12.0. The maximum atomic E-state index is 12.0. The highest BCUT2D eigenvalue weighted by Crippen LogP contribution is 2.27. The van der Waals surface area contributed by atoms with E-state index in [1.165, 1.54) is 11.3 Å². The number of rotatable bonds is 7. The first-order valence-corrected chi connectivity index (χ1v) is 11.2. The number of hydrogen-bond donors (Lipinski definition) is 1. The van der Waals surface area contributed by atoms with Crippen LogP contribution in [0.1, 0.15) is 25.5 Å². The molecule has 1 aliphatic rings. The third-order valence-corrected chi connectivity index (χ3v) is 6.29. The summed E-state index contributed by atoms with van der Waals surface area (Å²) in [5, 5.41) is 7.52. The number of thiazole rings is 1. The number of nitrogens with one attached hydrogen (secondary N) is 1. The van der Waals surface area contributed by atoms with Crippen LogP contribution in [0.2, 0.25) is 0 Å². The Labute approximate surface area is 176 Å². The number of amides is 2. The van der Waals surface area contributed by atoms with Crippen molar-refractivity contribution in [2.45, 2.75) is 32.2 Å². The molecule has 0 bridgehead atoms. The highest BCUT2D eigenvalue weighted by atomic mass is 32.1. The summed E-state index contributed by atoms with van der Waals surface area (Å²) in [6.07, 6.45) is 0.995. The fourth-order valence-corrected chi connectivity index (χ4v) is 4.57. The van der Waals surface area contributed by atoms with Crippen molar-refractivity contribution in [3.05, 3.63) is 28.6 Å². The van der Waals surface area contributed by atoms with Gasteiger partial charge >= 0.3 is 12.1 Å². The van der Waals surface area contributed by atoms with Gasteiger partial charge in [-0.1, -0.05) is 6.07 Å². The summed E-state index contributed by atoms with van der Waals surface area (Å²) >= 11 is 3.07. The molecule has 0 aromatic carbocycles. The summed E-state index contributed by atoms with van der Waals surface area (Å²) in [4.78, 5) is 42.8. The Hall–Kier alpha value is -2.46. The second kappa shape index (κ2) is 10.4. The van der Waals surface area contributed by atoms with Crippen molar-refractivity contribution in [2.24, 2.45) is 0 Å². The molecule has 0 spiro atoms. The van der Waals surface area contributed by atoms with Gasteiger partial charge < -0.3 is 19.7 Å². The molecule has 1 fully saturated rings. The molecule has 2 aromatic heterocycles. The smallest absolute Gasteiger partial charge is 0.409 e. The molecule has 1 N–H and O–H groups in total. The molecule has 1 saturated heterocycles. The quantitative estimate of drug-likeness (QED) is 0.669. The molecule has 156 valence electrons. The molecule has 1 aliphatic heterocycles. The van der Waals surface area contributed by atoms with E-state index in [-0.39, 0.29) is 31.1 Å². The van der Waals surface area contributed by atoms with Crippen LogP contribution >= 0.6 is 22.7 Å². The lowest BCUT2D eigenvalue weighted by molar-refractivity contribution is -0.148. The second-order valence-electron chi connectivity index (χ2n) is 6.49. The number of carbonyl (C=O) groups excluding carboxylic acids is 3. The van der Waals surface area contributed by atoms with E-state index in [9.17, 15) is 14.4 Å². The number of nitrogens with zero attached hydrogens (tertiary/aromatic N) is 2. The van der Waals surface area contributed by atoms with E-state index in [0.717, 1.165) is 9.88 Å². The molecule has 0 atom stereocenters. The molecule has 0 unspecified atom stereocenters. The van der Waals surface area contributed by atoms with Gasteiger partial charge in [0.1, 0.15) is 5.01 Å². The van der Waals surface area contributed by atoms with Gasteiger partial charge in [0, 0.05) is 24.5 Å². The van der Waals surface area contributed by atoms with Gasteiger partial charge in [-0.15, -0.1) is 22.7 Å². The van der Waals surface area contributed by atoms with Crippen molar-refractivity contribution in [3.63, 3.8) is 0 Å². The van der Waals surface area contributed by atoms with Gasteiger partial charge in [-0.2, -0.15) is 0 Å². The first kappa shape index (κ1) is 21.3. The van der Waals surface area contributed by atoms with Crippen molar-refractivity contribution in [2.75, 3.05) is 26.3 Å². The minimum absolute atomic E-state index is 0.0348. The molecule has 2 amide bonds. The molecule has 0 aliphatic carbocycles. The lowest BCUT2D eigenvalue weighted by Gasteiger charge is -2.31. The lowest BCUT2D eigenvalue weighted by Crippen LogP contribution is -2.47. The number of piperidine rings is 1. The Morgan fingerprint density at radius 1 is 1.24 bits per heavy atom. The van der Waals surface area contributed by atoms with Crippen molar-refractivity contribution in [3.8, 4) is 9.88 Å². The summed E-state index contributed by atoms with van der Waals surface area (Å²) in [6.45, 7) is 2.85. The molecule has 2 aromatic rings. The third-order valence-electron chi connectivity index (χ3n) is 4.36. The first-order chi connectivity index (χ1) is 14.0. The Balaban J connectivity index is 1.35. The number of esters is 1. The van der Waals surface area contributed by atoms with Crippen LogP contribution in [0.15, 0.2) is 22.9 Å². The average molecular weight is 438 g/mol. The number of thiophene rings is 1. The zero-order chi connectivity index (χ0) is 20.6. The van der Waals surface area contributed by atoms with Crippen molar-refractivity contribution >= 4 is 40.6 Å². The molecular formula is C19H23N3O5S2. The SMILES string of the molecule is CCOC(=O)N1CCC(NC(=O)COC(=O)Cc2csc(-c3cccs3)n2)CC1. The summed E-state index contributed by atoms with van der Waals surface area (Å²) in [5.41, 5.74) is 0.634. The van der Waals surface area contributed by atoms with Crippen LogP contribution in [0.5, 0.6) is 0 Å². The van der Waals surface area contributed by atoms with Crippen LogP contribution in [0.4, 0.5) is 4.79 Å². The Bertz CT molecular complexity index is 829. The van der Waals surface area contributed by atoms with Crippen LogP contribution in [0.25, 0.3) is 9.88 Å². The van der Waals surface area contributed by atoms with Crippen LogP contribution in [-0.2, 0) is 25.5 Å². The monoisotopic (exact) mass is 437 g/mol. The minimum Gasteiger partial charge on any atom is -0.455 e. The van der Waals surface area contributed by atoms with Crippen molar-refractivity contribution in [1.82, 2.24) is 15.2 Å². The maximum Gasteiger partial charge on any atom is 0.409 e. The number of carbonyl (C=O) groups is 3. The molecule has 3 heterocycles. The zero-order valence-corrected chi connectivity index (χ0v) is 17.7. The van der Waals surface area contributed by atoms with E-state index < -0.39 is 5.97 Å². The number of likely N-dealkylation sites (tertiary alicyclic amines) is 1. The second-order valence-corrected chi connectivity index (χ2v) is 8.29. The third kappa shape index (κ3) is 6.26. The highest BCUT2D eigenvalue weighted by molar-refractivity contribution is 7.20. The number of hydrogen-bond acceptors (Lipinski definition) is 8. The highest BCUT2D eigenvalue weighted by Gasteiger charge is 2.24. The van der Waals surface area contributed by atoms with Gasteiger partial charge in [-0.25, -0.2) is 9.78 Å². The van der Waals surface area contributed by atoms with E-state index in [2.05, 4.69) is 10.3 Å². The Kier molecular flexibility index (Phi) is 7.59. The fourth-order valence-electron chi connectivity index (χ4n) is 2.94. The molecule has 10 heteroatoms. The Morgan fingerprint density at radius 2 is 2.03 bits per heavy atom. The molecule has 29 heavy (non-hydrogen) atoms. The summed E-state index contributed by atoms with van der Waals surface area (Å²) in [6, 6.07) is 3.89. The van der Waals surface area contributed by atoms with Crippen LogP contribution < -0.4 is 5.32 Å². The largest absolute Gasteiger partial charge is 0.455 e. The van der Waals surface area contributed by atoms with Gasteiger partial charge in [-0.3, -0.25) is 9.59 Å². The van der Waals surface area contributed by atoms with Gasteiger partial charge in [0.05, 0.1) is 23.6 Å². The predicted octanol–water partition coefficient (Wildman–Crippen LogP) is 2.69. The fraction of sp³-hybridized carbons (Fsp3) is 0.474. The molecule has 0 saturated carbocycles. The topological polar surface area (TPSA) is 97.8 Å². The van der Waals surface area contributed by atoms with Crippen molar-refractivity contribution < 1.29 is 23.9 Å². The number of ether oxygens (including phenoxy) is 2. The average Bonchev–Trinajstić information content (AvgIpc) is 3.39. The summed E-state index contributed by atoms with van der Waals surface area (Å²) in [7, 11) is 0. The summed E-state index contributed by atoms with van der Waals surface area (Å²) in [5.74, 6) is -0.828. The van der Waals surface area contributed by atoms with Gasteiger partial charge in [0.15, 0.2) is 6.61 Å². The molecule has 0 radical (unpaired) electrons. The predicted molar refractivity (Wildman–Crippen MR) is 110 cm³/mol. The minimum atomic E-state index is -0.486. The van der Waals surface area contributed by atoms with E-state index in [1.54, 1.807) is 23.2 Å². The zero-order valence-electron chi connectivity index (χ0n) is 16.1. The lowest BCUT2D eigenvalue weighted by atomic mass is 10.1. The van der Waals surface area contributed by atoms with Crippen LogP contribution in [0.3, 0.4) is 0 Å². The number of aromatic nitrogens is 1. The van der Waals surface area contributed by atoms with E-state index in [1.807, 2.05) is 22.9 Å². The van der Waals surface area contributed by atoms with Crippen LogP contribution in [-0.4, -0.2) is 60.2 Å². The van der Waals surface area contributed by atoms with Crippen LogP contribution in [0, 0.1) is 0 Å². The first-order valence-electron chi connectivity index (χ1n) is 9.40. The van der Waals surface area contributed by atoms with E-state index >= 15 is 0 Å². The molecule has 8 nitrogen and oxygen atoms in total. The molecular weight excluding hydrogens is 414 g/mol. The van der Waals surface area contributed by atoms with Crippen molar-refractivity contribution in [1.29, 1.82) is 0 Å². The van der Waals surface area contributed by atoms with Gasteiger partial charge in [-0.05, 0) is 31.2 Å².